The van der Waals surface area contributed by atoms with Crippen LogP contribution in [0.25, 0.3) is 0 Å². The molecule has 0 amide bonds. The Morgan fingerprint density at radius 2 is 1.27 bits per heavy atom. The highest BCUT2D eigenvalue weighted by atomic mass is 15.0. The number of pyridine rings is 1. The summed E-state index contributed by atoms with van der Waals surface area (Å²) in [6, 6.07) is 27.4. The Morgan fingerprint density at radius 3 is 1.77 bits per heavy atom. The van der Waals surface area contributed by atoms with E-state index in [9.17, 15) is 0 Å². The zero-order valence-corrected chi connectivity index (χ0v) is 12.7. The van der Waals surface area contributed by atoms with Crippen molar-refractivity contribution in [2.45, 2.75) is 19.0 Å². The number of hydrogen-bond acceptors (Lipinski definition) is 2. The molecular formula is C20H20N2. The van der Waals surface area contributed by atoms with Gasteiger partial charge in [-0.3, -0.25) is 10.3 Å². The Morgan fingerprint density at radius 1 is 0.727 bits per heavy atom. The molecule has 3 aromatic rings. The van der Waals surface area contributed by atoms with E-state index in [0.29, 0.717) is 0 Å². The Labute approximate surface area is 131 Å². The Bertz CT molecular complexity index is 641. The van der Waals surface area contributed by atoms with Gasteiger partial charge in [-0.05, 0) is 30.2 Å². The van der Waals surface area contributed by atoms with Gasteiger partial charge in [0.05, 0.1) is 11.7 Å². The van der Waals surface area contributed by atoms with Gasteiger partial charge >= 0.3 is 0 Å². The Kier molecular flexibility index (Phi) is 4.62. The van der Waals surface area contributed by atoms with Gasteiger partial charge in [-0.25, -0.2) is 0 Å². The third kappa shape index (κ3) is 3.41. The number of nitrogens with one attached hydrogen (secondary N) is 1. The summed E-state index contributed by atoms with van der Waals surface area (Å²) in [6.45, 7) is 2.15. The van der Waals surface area contributed by atoms with E-state index in [1.807, 2.05) is 30.5 Å². The molecule has 2 aromatic carbocycles. The Balaban J connectivity index is 1.90. The smallest absolute Gasteiger partial charge is 0.0581 e. The molecule has 22 heavy (non-hydrogen) atoms. The molecule has 1 heterocycles. The van der Waals surface area contributed by atoms with Gasteiger partial charge in [0.15, 0.2) is 0 Å². The molecule has 0 aliphatic rings. The zero-order valence-electron chi connectivity index (χ0n) is 12.7. The number of hydrogen-bond donors (Lipinski definition) is 1. The van der Waals surface area contributed by atoms with Gasteiger partial charge in [0.2, 0.25) is 0 Å². The van der Waals surface area contributed by atoms with Gasteiger partial charge in [-0.2, -0.15) is 0 Å². The number of nitrogens with zero attached hydrogens (tertiary/aromatic N) is 1. The molecule has 2 heteroatoms. The zero-order chi connectivity index (χ0) is 15.2. The van der Waals surface area contributed by atoms with Crippen LogP contribution in [0.2, 0.25) is 0 Å². The molecule has 0 radical (unpaired) electrons. The van der Waals surface area contributed by atoms with Crippen LogP contribution in [0, 0.1) is 0 Å². The van der Waals surface area contributed by atoms with Gasteiger partial charge in [-0.1, -0.05) is 66.7 Å². The lowest BCUT2D eigenvalue weighted by Crippen LogP contribution is -2.26. The molecule has 1 unspecified atom stereocenters. The van der Waals surface area contributed by atoms with E-state index in [1.165, 1.54) is 11.1 Å². The lowest BCUT2D eigenvalue weighted by Gasteiger charge is -2.24. The second-order valence-electron chi connectivity index (χ2n) is 5.40. The highest BCUT2D eigenvalue weighted by Crippen LogP contribution is 2.25. The molecule has 110 valence electrons. The maximum Gasteiger partial charge on any atom is 0.0581 e. The predicted molar refractivity (Wildman–Crippen MR) is 90.5 cm³/mol. The first-order valence-corrected chi connectivity index (χ1v) is 7.61. The molecule has 0 fully saturated rings. The van der Waals surface area contributed by atoms with Crippen LogP contribution in [0.3, 0.4) is 0 Å². The molecule has 0 aliphatic carbocycles. The average molecular weight is 288 g/mol. The summed E-state index contributed by atoms with van der Waals surface area (Å²) in [5.41, 5.74) is 3.58. The topological polar surface area (TPSA) is 24.9 Å². The summed E-state index contributed by atoms with van der Waals surface area (Å²) in [7, 11) is 0. The van der Waals surface area contributed by atoms with Crippen LogP contribution in [-0.4, -0.2) is 4.98 Å². The van der Waals surface area contributed by atoms with Crippen LogP contribution in [0.1, 0.15) is 35.8 Å². The second-order valence-corrected chi connectivity index (χ2v) is 5.40. The third-order valence-electron chi connectivity index (χ3n) is 3.81. The van der Waals surface area contributed by atoms with Crippen molar-refractivity contribution in [3.63, 3.8) is 0 Å². The van der Waals surface area contributed by atoms with E-state index in [2.05, 4.69) is 71.8 Å². The molecule has 0 spiro atoms. The quantitative estimate of drug-likeness (QED) is 0.746. The van der Waals surface area contributed by atoms with Gasteiger partial charge in [0.25, 0.3) is 0 Å². The van der Waals surface area contributed by atoms with Gasteiger partial charge < -0.3 is 0 Å². The highest BCUT2D eigenvalue weighted by Gasteiger charge is 2.17. The van der Waals surface area contributed by atoms with Crippen molar-refractivity contribution in [3.05, 3.63) is 102 Å². The van der Waals surface area contributed by atoms with E-state index in [-0.39, 0.29) is 12.1 Å². The van der Waals surface area contributed by atoms with Crippen molar-refractivity contribution >= 4 is 0 Å². The van der Waals surface area contributed by atoms with Crippen molar-refractivity contribution in [2.75, 3.05) is 0 Å². The summed E-state index contributed by atoms with van der Waals surface area (Å²) in [5, 5.41) is 3.70. The first-order valence-electron chi connectivity index (χ1n) is 7.61. The number of aromatic nitrogens is 1. The van der Waals surface area contributed by atoms with Crippen molar-refractivity contribution in [1.82, 2.24) is 10.3 Å². The molecule has 0 aliphatic heterocycles. The normalized spacial score (nSPS) is 12.3. The minimum Gasteiger partial charge on any atom is -0.298 e. The molecule has 0 bridgehead atoms. The first kappa shape index (κ1) is 14.5. The minimum absolute atomic E-state index is 0.152. The maximum atomic E-state index is 4.46. The molecule has 3 rings (SSSR count). The first-order chi connectivity index (χ1) is 10.8. The minimum atomic E-state index is 0.152. The van der Waals surface area contributed by atoms with E-state index < -0.39 is 0 Å². The molecular weight excluding hydrogens is 268 g/mol. The van der Waals surface area contributed by atoms with Crippen LogP contribution in [0.5, 0.6) is 0 Å². The molecule has 1 aromatic heterocycles. The van der Waals surface area contributed by atoms with Crippen LogP contribution >= 0.6 is 0 Å². The summed E-state index contributed by atoms with van der Waals surface area (Å²) >= 11 is 0. The molecule has 2 nitrogen and oxygen atoms in total. The summed E-state index contributed by atoms with van der Waals surface area (Å²) in [4.78, 5) is 4.46. The van der Waals surface area contributed by atoms with Gasteiger partial charge in [0.1, 0.15) is 0 Å². The summed E-state index contributed by atoms with van der Waals surface area (Å²) in [6.07, 6.45) is 1.84. The van der Waals surface area contributed by atoms with E-state index >= 15 is 0 Å². The fourth-order valence-corrected chi connectivity index (χ4v) is 2.64. The Hall–Kier alpha value is -2.45. The van der Waals surface area contributed by atoms with Crippen LogP contribution < -0.4 is 5.32 Å². The maximum absolute atomic E-state index is 4.46. The standard InChI is InChI=1S/C20H20N2/c1-16(19-14-8-9-15-21-19)22-20(17-10-4-2-5-11-17)18-12-6-3-7-13-18/h2-16,20,22H,1H3. The monoisotopic (exact) mass is 288 g/mol. The molecule has 0 saturated heterocycles. The van der Waals surface area contributed by atoms with Crippen molar-refractivity contribution in [1.29, 1.82) is 0 Å². The number of rotatable bonds is 5. The SMILES string of the molecule is CC(NC(c1ccccc1)c1ccccc1)c1ccccn1. The lowest BCUT2D eigenvalue weighted by molar-refractivity contribution is 0.507. The molecule has 1 atom stereocenters. The van der Waals surface area contributed by atoms with Crippen LogP contribution in [-0.2, 0) is 0 Å². The van der Waals surface area contributed by atoms with Crippen molar-refractivity contribution in [2.24, 2.45) is 0 Å². The lowest BCUT2D eigenvalue weighted by atomic mass is 9.97. The van der Waals surface area contributed by atoms with E-state index in [1.54, 1.807) is 0 Å². The van der Waals surface area contributed by atoms with Crippen LogP contribution in [0.4, 0.5) is 0 Å². The largest absolute Gasteiger partial charge is 0.298 e. The van der Waals surface area contributed by atoms with Gasteiger partial charge in [0, 0.05) is 12.2 Å². The van der Waals surface area contributed by atoms with Crippen LogP contribution in [0.15, 0.2) is 85.1 Å². The molecule has 1 N–H and O–H groups in total. The fourth-order valence-electron chi connectivity index (χ4n) is 2.64. The van der Waals surface area contributed by atoms with Crippen molar-refractivity contribution in [3.8, 4) is 0 Å². The van der Waals surface area contributed by atoms with Crippen molar-refractivity contribution < 1.29 is 0 Å². The average Bonchev–Trinajstić information content (AvgIpc) is 2.62. The fraction of sp³-hybridized carbons (Fsp3) is 0.150. The van der Waals surface area contributed by atoms with E-state index in [0.717, 1.165) is 5.69 Å². The molecule has 0 saturated carbocycles. The van der Waals surface area contributed by atoms with Gasteiger partial charge in [-0.15, -0.1) is 0 Å². The van der Waals surface area contributed by atoms with E-state index in [4.69, 9.17) is 0 Å². The predicted octanol–water partition coefficient (Wildman–Crippen LogP) is 4.52. The summed E-state index contributed by atoms with van der Waals surface area (Å²) in [5.74, 6) is 0. The number of benzene rings is 2. The summed E-state index contributed by atoms with van der Waals surface area (Å²) < 4.78 is 0. The third-order valence-corrected chi connectivity index (χ3v) is 3.81. The second kappa shape index (κ2) is 7.01. The highest BCUT2D eigenvalue weighted by molar-refractivity contribution is 5.32.